The number of aromatic nitrogens is 2. The van der Waals surface area contributed by atoms with Gasteiger partial charge in [0.15, 0.2) is 11.5 Å². The van der Waals surface area contributed by atoms with Crippen molar-refractivity contribution >= 4 is 39.2 Å². The quantitative estimate of drug-likeness (QED) is 0.423. The molecular formula is C13H13BrFN5O3. The number of hydrogen-bond acceptors (Lipinski definition) is 6. The predicted molar refractivity (Wildman–Crippen MR) is 83.0 cm³/mol. The van der Waals surface area contributed by atoms with Gasteiger partial charge in [-0.05, 0) is 44.4 Å². The van der Waals surface area contributed by atoms with Crippen LogP contribution in [0, 0.1) is 11.7 Å². The third kappa shape index (κ3) is 4.11. The van der Waals surface area contributed by atoms with Gasteiger partial charge in [0, 0.05) is 5.92 Å². The molecule has 23 heavy (non-hydrogen) atoms. The number of rotatable bonds is 4. The Morgan fingerprint density at radius 3 is 2.78 bits per heavy atom. The molecule has 0 radical (unpaired) electrons. The monoisotopic (exact) mass is 385 g/mol. The maximum absolute atomic E-state index is 13.2. The Bertz CT molecular complexity index is 747. The molecule has 10 heteroatoms. The molecule has 1 aromatic carbocycles. The molecule has 2 rings (SSSR count). The number of nitrogens with one attached hydrogen (secondary N) is 2. The number of amides is 1. The minimum Gasteiger partial charge on any atom is -0.306 e. The normalized spacial score (nSPS) is 11.7. The number of hydroxylamine groups is 1. The topological polar surface area (TPSA) is 113 Å². The summed E-state index contributed by atoms with van der Waals surface area (Å²) in [6.07, 6.45) is 0. The second-order valence-electron chi connectivity index (χ2n) is 4.78. The number of amidine groups is 1. The van der Waals surface area contributed by atoms with Crippen molar-refractivity contribution in [2.75, 3.05) is 5.32 Å². The third-order valence-electron chi connectivity index (χ3n) is 2.73. The number of nitrogens with zero attached hydrogens (tertiary/aromatic N) is 3. The van der Waals surface area contributed by atoms with Gasteiger partial charge in [-0.1, -0.05) is 13.8 Å². The summed E-state index contributed by atoms with van der Waals surface area (Å²) in [7, 11) is 0. The van der Waals surface area contributed by atoms with E-state index in [1.165, 1.54) is 18.2 Å². The van der Waals surface area contributed by atoms with Crippen LogP contribution < -0.4 is 10.8 Å². The van der Waals surface area contributed by atoms with E-state index in [1.54, 1.807) is 13.8 Å². The molecule has 122 valence electrons. The number of anilines is 1. The van der Waals surface area contributed by atoms with Crippen LogP contribution in [0.15, 0.2) is 32.3 Å². The van der Waals surface area contributed by atoms with Crippen molar-refractivity contribution < 1.29 is 19.0 Å². The smallest absolute Gasteiger partial charge is 0.228 e. The number of hydrogen-bond donors (Lipinski definition) is 3. The number of aliphatic imine (C=N–C) groups is 1. The number of carbonyl (C=O) groups is 1. The van der Waals surface area contributed by atoms with Crippen LogP contribution in [0.5, 0.6) is 0 Å². The van der Waals surface area contributed by atoms with Crippen LogP contribution in [0.25, 0.3) is 0 Å². The third-order valence-corrected chi connectivity index (χ3v) is 3.34. The van der Waals surface area contributed by atoms with Crippen molar-refractivity contribution in [1.82, 2.24) is 15.8 Å². The number of halogens is 2. The van der Waals surface area contributed by atoms with Gasteiger partial charge in [0.2, 0.25) is 11.7 Å². The van der Waals surface area contributed by atoms with Crippen molar-refractivity contribution in [1.29, 1.82) is 0 Å². The zero-order valence-electron chi connectivity index (χ0n) is 12.2. The fraction of sp³-hybridized carbons (Fsp3) is 0.231. The first-order chi connectivity index (χ1) is 10.9. The molecule has 3 N–H and O–H groups in total. The average molecular weight is 386 g/mol. The Morgan fingerprint density at radius 1 is 1.43 bits per heavy atom. The second-order valence-corrected chi connectivity index (χ2v) is 5.63. The summed E-state index contributed by atoms with van der Waals surface area (Å²) < 4.78 is 18.0. The Labute approximate surface area is 138 Å². The average Bonchev–Trinajstić information content (AvgIpc) is 2.96. The molecular weight excluding hydrogens is 373 g/mol. The first-order valence-corrected chi connectivity index (χ1v) is 7.29. The standard InChI is InChI=1S/C13H13BrFN5O3/c1-6(2)13(21)17-12-10(19-23-20-12)11(18-22)16-7-3-4-9(15)8(14)5-7/h3-6,22H,1-2H3,(H,16,18)(H,17,20,21). The van der Waals surface area contributed by atoms with Crippen LogP contribution >= 0.6 is 15.9 Å². The van der Waals surface area contributed by atoms with E-state index in [4.69, 9.17) is 0 Å². The molecule has 2 aromatic rings. The molecule has 0 fully saturated rings. The lowest BCUT2D eigenvalue weighted by Crippen LogP contribution is -2.24. The largest absolute Gasteiger partial charge is 0.306 e. The minimum absolute atomic E-state index is 0.00180. The highest BCUT2D eigenvalue weighted by atomic mass is 79.9. The van der Waals surface area contributed by atoms with Gasteiger partial charge >= 0.3 is 0 Å². The summed E-state index contributed by atoms with van der Waals surface area (Å²) in [5, 5.41) is 18.9. The lowest BCUT2D eigenvalue weighted by molar-refractivity contribution is -0.118. The highest BCUT2D eigenvalue weighted by molar-refractivity contribution is 9.10. The van der Waals surface area contributed by atoms with Gasteiger partial charge in [0.1, 0.15) is 5.82 Å². The van der Waals surface area contributed by atoms with Crippen molar-refractivity contribution in [3.8, 4) is 0 Å². The Hall–Kier alpha value is -2.33. The molecule has 1 amide bonds. The van der Waals surface area contributed by atoms with Crippen LogP contribution in [-0.2, 0) is 4.79 Å². The molecule has 0 aliphatic carbocycles. The van der Waals surface area contributed by atoms with Crippen molar-refractivity contribution in [3.63, 3.8) is 0 Å². The summed E-state index contributed by atoms with van der Waals surface area (Å²) in [5.74, 6) is -1.15. The van der Waals surface area contributed by atoms with Crippen LogP contribution in [0.1, 0.15) is 19.5 Å². The molecule has 1 aromatic heterocycles. The maximum atomic E-state index is 13.2. The first-order valence-electron chi connectivity index (χ1n) is 6.50. The fourth-order valence-corrected chi connectivity index (χ4v) is 1.87. The summed E-state index contributed by atoms with van der Waals surface area (Å²) in [4.78, 5) is 15.8. The van der Waals surface area contributed by atoms with Gasteiger partial charge in [-0.15, -0.1) is 0 Å². The van der Waals surface area contributed by atoms with Gasteiger partial charge in [-0.25, -0.2) is 14.0 Å². The van der Waals surface area contributed by atoms with E-state index in [0.29, 0.717) is 5.69 Å². The van der Waals surface area contributed by atoms with Gasteiger partial charge in [-0.2, -0.15) is 0 Å². The Kier molecular flexibility index (Phi) is 5.40. The first kappa shape index (κ1) is 17.0. The molecule has 0 bridgehead atoms. The Morgan fingerprint density at radius 2 is 2.17 bits per heavy atom. The van der Waals surface area contributed by atoms with Gasteiger partial charge < -0.3 is 5.32 Å². The molecule has 8 nitrogen and oxygen atoms in total. The number of benzene rings is 1. The van der Waals surface area contributed by atoms with Crippen molar-refractivity contribution in [3.05, 3.63) is 34.2 Å². The van der Waals surface area contributed by atoms with E-state index in [1.807, 2.05) is 5.48 Å². The second kappa shape index (κ2) is 7.29. The summed E-state index contributed by atoms with van der Waals surface area (Å²) in [5.41, 5.74) is 2.19. The Balaban J connectivity index is 2.34. The van der Waals surface area contributed by atoms with Crippen LogP contribution in [0.3, 0.4) is 0 Å². The molecule has 0 aliphatic rings. The van der Waals surface area contributed by atoms with E-state index in [9.17, 15) is 14.4 Å². The van der Waals surface area contributed by atoms with E-state index in [0.717, 1.165) is 0 Å². The van der Waals surface area contributed by atoms with Crippen LogP contribution in [0.4, 0.5) is 15.9 Å². The lowest BCUT2D eigenvalue weighted by Gasteiger charge is -2.06. The predicted octanol–water partition coefficient (Wildman–Crippen LogP) is 2.62. The number of carbonyl (C=O) groups excluding carboxylic acids is 1. The molecule has 0 atom stereocenters. The van der Waals surface area contributed by atoms with E-state index in [-0.39, 0.29) is 33.6 Å². The molecule has 1 heterocycles. The van der Waals surface area contributed by atoms with E-state index < -0.39 is 5.82 Å². The van der Waals surface area contributed by atoms with Crippen molar-refractivity contribution in [2.45, 2.75) is 13.8 Å². The molecule has 0 aliphatic heterocycles. The van der Waals surface area contributed by atoms with Crippen molar-refractivity contribution in [2.24, 2.45) is 10.9 Å². The van der Waals surface area contributed by atoms with E-state index >= 15 is 0 Å². The maximum Gasteiger partial charge on any atom is 0.228 e. The lowest BCUT2D eigenvalue weighted by atomic mass is 10.2. The fourth-order valence-electron chi connectivity index (χ4n) is 1.50. The molecule has 0 saturated carbocycles. The van der Waals surface area contributed by atoms with Crippen LogP contribution in [0.2, 0.25) is 0 Å². The minimum atomic E-state index is -0.449. The van der Waals surface area contributed by atoms with Crippen LogP contribution in [-0.4, -0.2) is 27.3 Å². The summed E-state index contributed by atoms with van der Waals surface area (Å²) in [6, 6.07) is 4.02. The van der Waals surface area contributed by atoms with Gasteiger partial charge in [0.25, 0.3) is 0 Å². The summed E-state index contributed by atoms with van der Waals surface area (Å²) in [6.45, 7) is 3.41. The SMILES string of the molecule is CC(C)C(=O)Nc1nonc1C(=Nc1ccc(F)c(Br)c1)NO. The zero-order valence-corrected chi connectivity index (χ0v) is 13.8. The molecule has 0 spiro atoms. The zero-order chi connectivity index (χ0) is 17.0. The highest BCUT2D eigenvalue weighted by Gasteiger charge is 2.19. The molecule has 0 unspecified atom stereocenters. The highest BCUT2D eigenvalue weighted by Crippen LogP contribution is 2.23. The summed E-state index contributed by atoms with van der Waals surface area (Å²) >= 11 is 3.04. The van der Waals surface area contributed by atoms with E-state index in [2.05, 4.69) is 41.2 Å². The van der Waals surface area contributed by atoms with Gasteiger partial charge in [-0.3, -0.25) is 15.5 Å². The van der Waals surface area contributed by atoms with Gasteiger partial charge in [0.05, 0.1) is 10.2 Å². The molecule has 0 saturated heterocycles.